The Morgan fingerprint density at radius 2 is 2.16 bits per heavy atom. The number of anilines is 1. The predicted molar refractivity (Wildman–Crippen MR) is 101 cm³/mol. The van der Waals surface area contributed by atoms with Crippen molar-refractivity contribution < 1.29 is 4.79 Å². The van der Waals surface area contributed by atoms with Crippen LogP contribution in [0.2, 0.25) is 0 Å². The molecule has 1 fully saturated rings. The van der Waals surface area contributed by atoms with Crippen LogP contribution in [0, 0.1) is 0 Å². The quantitative estimate of drug-likeness (QED) is 0.795. The lowest BCUT2D eigenvalue weighted by atomic mass is 10.0. The van der Waals surface area contributed by atoms with E-state index < -0.39 is 0 Å². The molecule has 3 rings (SSSR count). The number of carbonyl (C=O) groups is 1. The Balaban J connectivity index is 1.69. The summed E-state index contributed by atoms with van der Waals surface area (Å²) < 4.78 is 0. The molecule has 1 aromatic heterocycles. The molecular weight excluding hydrogens is 312 g/mol. The topological polar surface area (TPSA) is 57.3 Å². The highest BCUT2D eigenvalue weighted by atomic mass is 16.1. The van der Waals surface area contributed by atoms with Crippen LogP contribution in [0.5, 0.6) is 0 Å². The van der Waals surface area contributed by atoms with Crippen LogP contribution in [0.4, 0.5) is 5.82 Å². The van der Waals surface area contributed by atoms with Crippen molar-refractivity contribution in [3.63, 3.8) is 0 Å². The third kappa shape index (κ3) is 4.57. The Bertz CT molecular complexity index is 689. The van der Waals surface area contributed by atoms with Gasteiger partial charge in [0, 0.05) is 44.0 Å². The van der Waals surface area contributed by atoms with Crippen molar-refractivity contribution in [3.05, 3.63) is 59.8 Å². The average molecular weight is 338 g/mol. The van der Waals surface area contributed by atoms with Crippen LogP contribution in [0.25, 0.3) is 0 Å². The highest BCUT2D eigenvalue weighted by molar-refractivity contribution is 5.94. The third-order valence-corrected chi connectivity index (χ3v) is 4.52. The normalized spacial score (nSPS) is 17.3. The van der Waals surface area contributed by atoms with Gasteiger partial charge >= 0.3 is 0 Å². The minimum atomic E-state index is -0.0214. The van der Waals surface area contributed by atoms with Crippen LogP contribution in [-0.2, 0) is 0 Å². The predicted octanol–water partition coefficient (Wildman–Crippen LogP) is 2.76. The van der Waals surface area contributed by atoms with E-state index in [2.05, 4.69) is 51.7 Å². The van der Waals surface area contributed by atoms with Crippen LogP contribution in [0.15, 0.2) is 48.7 Å². The Labute approximate surface area is 149 Å². The number of amides is 1. The van der Waals surface area contributed by atoms with Crippen LogP contribution < -0.4 is 15.5 Å². The van der Waals surface area contributed by atoms with E-state index in [1.165, 1.54) is 5.56 Å². The molecule has 1 aliphatic heterocycles. The Morgan fingerprint density at radius 1 is 1.32 bits per heavy atom. The number of carbonyl (C=O) groups excluding carboxylic acids is 1. The SMILES string of the molecule is CCCCNC(=O)c1ccnc(N2CCN[C@H](c3ccccc3)C2)c1. The standard InChI is InChI=1S/C20H26N4O/c1-2-3-10-23-20(25)17-9-11-22-19(14-17)24-13-12-21-18(15-24)16-7-5-4-6-8-16/h4-9,11,14,18,21H,2-3,10,12-13,15H2,1H3,(H,23,25)/t18-/m0/s1. The summed E-state index contributed by atoms with van der Waals surface area (Å²) in [5.41, 5.74) is 1.96. The number of nitrogens with one attached hydrogen (secondary N) is 2. The minimum absolute atomic E-state index is 0.0214. The summed E-state index contributed by atoms with van der Waals surface area (Å²) in [5, 5.41) is 6.53. The number of nitrogens with zero attached hydrogens (tertiary/aromatic N) is 2. The number of pyridine rings is 1. The van der Waals surface area contributed by atoms with Gasteiger partial charge in [-0.3, -0.25) is 4.79 Å². The van der Waals surface area contributed by atoms with Gasteiger partial charge in [-0.1, -0.05) is 43.7 Å². The first-order valence-electron chi connectivity index (χ1n) is 9.05. The average Bonchev–Trinajstić information content (AvgIpc) is 2.69. The van der Waals surface area contributed by atoms with Gasteiger partial charge in [0.1, 0.15) is 5.82 Å². The van der Waals surface area contributed by atoms with Gasteiger partial charge in [0.15, 0.2) is 0 Å². The number of hydrogen-bond acceptors (Lipinski definition) is 4. The molecule has 2 heterocycles. The first-order chi connectivity index (χ1) is 12.3. The summed E-state index contributed by atoms with van der Waals surface area (Å²) in [4.78, 5) is 19.0. The van der Waals surface area contributed by atoms with Crippen molar-refractivity contribution in [3.8, 4) is 0 Å². The van der Waals surface area contributed by atoms with Gasteiger partial charge < -0.3 is 15.5 Å². The van der Waals surface area contributed by atoms with Gasteiger partial charge in [0.25, 0.3) is 5.91 Å². The molecule has 0 unspecified atom stereocenters. The fourth-order valence-electron chi connectivity index (χ4n) is 3.08. The first kappa shape index (κ1) is 17.4. The molecule has 132 valence electrons. The van der Waals surface area contributed by atoms with Crippen molar-refractivity contribution in [2.24, 2.45) is 0 Å². The molecule has 2 N–H and O–H groups in total. The first-order valence-corrected chi connectivity index (χ1v) is 9.05. The monoisotopic (exact) mass is 338 g/mol. The lowest BCUT2D eigenvalue weighted by Crippen LogP contribution is -2.46. The Morgan fingerprint density at radius 3 is 2.96 bits per heavy atom. The van der Waals surface area contributed by atoms with Crippen molar-refractivity contribution in [2.45, 2.75) is 25.8 Å². The second kappa shape index (κ2) is 8.62. The Hall–Kier alpha value is -2.40. The van der Waals surface area contributed by atoms with E-state index in [9.17, 15) is 4.79 Å². The molecule has 1 aromatic carbocycles. The summed E-state index contributed by atoms with van der Waals surface area (Å²) in [5.74, 6) is 0.845. The molecule has 0 spiro atoms. The molecule has 1 amide bonds. The van der Waals surface area contributed by atoms with E-state index in [0.717, 1.165) is 44.8 Å². The number of piperazine rings is 1. The molecule has 1 aliphatic rings. The van der Waals surface area contributed by atoms with Gasteiger partial charge in [-0.25, -0.2) is 4.98 Å². The van der Waals surface area contributed by atoms with Crippen molar-refractivity contribution in [1.29, 1.82) is 0 Å². The van der Waals surface area contributed by atoms with Crippen LogP contribution in [0.3, 0.4) is 0 Å². The van der Waals surface area contributed by atoms with E-state index in [4.69, 9.17) is 0 Å². The molecule has 0 bridgehead atoms. The summed E-state index contributed by atoms with van der Waals surface area (Å²) in [6.07, 6.45) is 3.80. The summed E-state index contributed by atoms with van der Waals surface area (Å²) >= 11 is 0. The van der Waals surface area contributed by atoms with E-state index in [1.54, 1.807) is 12.3 Å². The van der Waals surface area contributed by atoms with Crippen LogP contribution in [-0.4, -0.2) is 37.1 Å². The van der Waals surface area contributed by atoms with E-state index >= 15 is 0 Å². The van der Waals surface area contributed by atoms with Crippen molar-refractivity contribution in [1.82, 2.24) is 15.6 Å². The fraction of sp³-hybridized carbons (Fsp3) is 0.400. The zero-order valence-corrected chi connectivity index (χ0v) is 14.7. The lowest BCUT2D eigenvalue weighted by molar-refractivity contribution is 0.0953. The Kier molecular flexibility index (Phi) is 6.01. The smallest absolute Gasteiger partial charge is 0.251 e. The number of hydrogen-bond donors (Lipinski definition) is 2. The fourth-order valence-corrected chi connectivity index (χ4v) is 3.08. The number of unbranched alkanes of at least 4 members (excludes halogenated alkanes) is 1. The molecule has 0 radical (unpaired) electrons. The van der Waals surface area contributed by atoms with E-state index in [1.807, 2.05) is 12.1 Å². The molecule has 1 saturated heterocycles. The highest BCUT2D eigenvalue weighted by Gasteiger charge is 2.22. The largest absolute Gasteiger partial charge is 0.353 e. The third-order valence-electron chi connectivity index (χ3n) is 4.52. The van der Waals surface area contributed by atoms with Crippen molar-refractivity contribution >= 4 is 11.7 Å². The maximum absolute atomic E-state index is 12.3. The molecule has 0 saturated carbocycles. The van der Waals surface area contributed by atoms with Crippen LogP contribution >= 0.6 is 0 Å². The lowest BCUT2D eigenvalue weighted by Gasteiger charge is -2.34. The summed E-state index contributed by atoms with van der Waals surface area (Å²) in [6.45, 7) is 5.46. The molecule has 5 nitrogen and oxygen atoms in total. The molecular formula is C20H26N4O. The van der Waals surface area contributed by atoms with E-state index in [0.29, 0.717) is 5.56 Å². The zero-order chi connectivity index (χ0) is 17.5. The minimum Gasteiger partial charge on any atom is -0.353 e. The zero-order valence-electron chi connectivity index (χ0n) is 14.7. The highest BCUT2D eigenvalue weighted by Crippen LogP contribution is 2.21. The summed E-state index contributed by atoms with van der Waals surface area (Å²) in [7, 11) is 0. The van der Waals surface area contributed by atoms with Crippen molar-refractivity contribution in [2.75, 3.05) is 31.1 Å². The maximum atomic E-state index is 12.3. The molecule has 2 aromatic rings. The molecule has 5 heteroatoms. The number of aromatic nitrogens is 1. The number of benzene rings is 1. The molecule has 0 aliphatic carbocycles. The summed E-state index contributed by atoms with van der Waals surface area (Å²) in [6, 6.07) is 14.4. The van der Waals surface area contributed by atoms with Gasteiger partial charge in [-0.15, -0.1) is 0 Å². The second-order valence-corrected chi connectivity index (χ2v) is 6.38. The number of rotatable bonds is 6. The second-order valence-electron chi connectivity index (χ2n) is 6.38. The molecule has 25 heavy (non-hydrogen) atoms. The van der Waals surface area contributed by atoms with Gasteiger partial charge in [0.2, 0.25) is 0 Å². The van der Waals surface area contributed by atoms with Gasteiger partial charge in [-0.05, 0) is 24.1 Å². The van der Waals surface area contributed by atoms with Gasteiger partial charge in [-0.2, -0.15) is 0 Å². The van der Waals surface area contributed by atoms with Crippen LogP contribution in [0.1, 0.15) is 41.7 Å². The maximum Gasteiger partial charge on any atom is 0.251 e. The van der Waals surface area contributed by atoms with E-state index in [-0.39, 0.29) is 11.9 Å². The van der Waals surface area contributed by atoms with Gasteiger partial charge in [0.05, 0.1) is 0 Å². The molecule has 1 atom stereocenters.